The Morgan fingerprint density at radius 3 is 2.53 bits per heavy atom. The smallest absolute Gasteiger partial charge is 0.0560 e. The predicted octanol–water partition coefficient (Wildman–Crippen LogP) is 3.50. The maximum atomic E-state index is 3.74. The third-order valence-corrected chi connectivity index (χ3v) is 4.46. The predicted molar refractivity (Wildman–Crippen MR) is 78.1 cm³/mol. The molecule has 96 valence electrons. The first-order valence-electron chi connectivity index (χ1n) is 7.07. The van der Waals surface area contributed by atoms with E-state index in [1.54, 1.807) is 0 Å². The number of benzene rings is 2. The Labute approximate surface area is 113 Å². The van der Waals surface area contributed by atoms with E-state index in [1.165, 1.54) is 23.2 Å². The molecule has 2 heterocycles. The van der Waals surface area contributed by atoms with Gasteiger partial charge < -0.3 is 10.6 Å². The van der Waals surface area contributed by atoms with Crippen molar-refractivity contribution >= 4 is 5.69 Å². The maximum absolute atomic E-state index is 3.74. The minimum absolute atomic E-state index is 0.427. The molecule has 1 fully saturated rings. The van der Waals surface area contributed by atoms with Crippen molar-refractivity contribution in [3.05, 3.63) is 65.7 Å². The topological polar surface area (TPSA) is 24.1 Å². The molecule has 2 aromatic rings. The summed E-state index contributed by atoms with van der Waals surface area (Å²) in [4.78, 5) is 0. The molecule has 0 amide bonds. The van der Waals surface area contributed by atoms with Gasteiger partial charge in [0.1, 0.15) is 0 Å². The maximum Gasteiger partial charge on any atom is 0.0560 e. The molecule has 0 aromatic heterocycles. The van der Waals surface area contributed by atoms with Crippen molar-refractivity contribution in [2.75, 3.05) is 11.9 Å². The lowest BCUT2D eigenvalue weighted by Crippen LogP contribution is -2.32. The molecule has 19 heavy (non-hydrogen) atoms. The number of hydrogen-bond acceptors (Lipinski definition) is 2. The zero-order chi connectivity index (χ0) is 12.7. The molecule has 0 saturated carbocycles. The number of hydrogen-bond donors (Lipinski definition) is 2. The van der Waals surface area contributed by atoms with Crippen LogP contribution in [0.1, 0.15) is 29.6 Å². The second kappa shape index (κ2) is 4.39. The third kappa shape index (κ3) is 1.75. The largest absolute Gasteiger partial charge is 0.378 e. The van der Waals surface area contributed by atoms with Gasteiger partial charge in [-0.2, -0.15) is 0 Å². The zero-order valence-corrected chi connectivity index (χ0v) is 10.8. The summed E-state index contributed by atoms with van der Waals surface area (Å²) in [5.74, 6) is 0.650. The molecule has 2 N–H and O–H groups in total. The van der Waals surface area contributed by atoms with Gasteiger partial charge in [-0.1, -0.05) is 48.5 Å². The van der Waals surface area contributed by atoms with Crippen LogP contribution in [0, 0.1) is 5.92 Å². The summed E-state index contributed by atoms with van der Waals surface area (Å²) in [6, 6.07) is 20.5. The summed E-state index contributed by atoms with van der Waals surface area (Å²) < 4.78 is 0. The average Bonchev–Trinajstić information content (AvgIpc) is 2.97. The van der Waals surface area contributed by atoms with Gasteiger partial charge in [-0.15, -0.1) is 0 Å². The first-order valence-corrected chi connectivity index (χ1v) is 7.07. The van der Waals surface area contributed by atoms with Crippen LogP contribution in [0.5, 0.6) is 0 Å². The van der Waals surface area contributed by atoms with Crippen molar-refractivity contribution in [1.82, 2.24) is 5.32 Å². The van der Waals surface area contributed by atoms with E-state index in [9.17, 15) is 0 Å². The molecular weight excluding hydrogens is 232 g/mol. The Hall–Kier alpha value is -1.80. The summed E-state index contributed by atoms with van der Waals surface area (Å²) in [5, 5.41) is 7.42. The summed E-state index contributed by atoms with van der Waals surface area (Å²) in [6.45, 7) is 1.12. The highest BCUT2D eigenvalue weighted by molar-refractivity contribution is 5.57. The van der Waals surface area contributed by atoms with Crippen LogP contribution in [0.4, 0.5) is 5.69 Å². The molecule has 2 aromatic carbocycles. The third-order valence-electron chi connectivity index (χ3n) is 4.46. The molecule has 2 aliphatic heterocycles. The Bertz CT molecular complexity index is 579. The summed E-state index contributed by atoms with van der Waals surface area (Å²) in [5.41, 5.74) is 4.11. The second-order valence-electron chi connectivity index (χ2n) is 5.50. The van der Waals surface area contributed by atoms with Gasteiger partial charge in [-0.05, 0) is 30.2 Å². The number of fused-ring (bicyclic) bond motifs is 3. The van der Waals surface area contributed by atoms with Gasteiger partial charge in [-0.3, -0.25) is 0 Å². The molecule has 0 radical (unpaired) electrons. The number of nitrogens with one attached hydrogen (secondary N) is 2. The lowest BCUT2D eigenvalue weighted by atomic mass is 9.80. The number of rotatable bonds is 1. The molecule has 0 spiro atoms. The van der Waals surface area contributed by atoms with Crippen molar-refractivity contribution in [3.8, 4) is 0 Å². The summed E-state index contributed by atoms with van der Waals surface area (Å²) in [7, 11) is 0. The molecule has 4 rings (SSSR count). The Morgan fingerprint density at radius 1 is 0.842 bits per heavy atom. The molecule has 3 atom stereocenters. The molecular formula is C17H18N2. The highest BCUT2D eigenvalue weighted by Gasteiger charge is 2.39. The van der Waals surface area contributed by atoms with Gasteiger partial charge in [0.05, 0.1) is 6.04 Å². The van der Waals surface area contributed by atoms with Crippen LogP contribution >= 0.6 is 0 Å². The quantitative estimate of drug-likeness (QED) is 0.809. The normalized spacial score (nSPS) is 28.3. The van der Waals surface area contributed by atoms with Gasteiger partial charge in [0.25, 0.3) is 0 Å². The second-order valence-corrected chi connectivity index (χ2v) is 5.50. The Morgan fingerprint density at radius 2 is 1.63 bits per heavy atom. The van der Waals surface area contributed by atoms with E-state index in [2.05, 4.69) is 65.2 Å². The first kappa shape index (κ1) is 11.1. The van der Waals surface area contributed by atoms with Crippen molar-refractivity contribution < 1.29 is 0 Å². The molecule has 2 nitrogen and oxygen atoms in total. The van der Waals surface area contributed by atoms with Crippen LogP contribution in [0.3, 0.4) is 0 Å². The van der Waals surface area contributed by atoms with Crippen LogP contribution in [0.25, 0.3) is 0 Å². The van der Waals surface area contributed by atoms with E-state index in [1.807, 2.05) is 0 Å². The van der Waals surface area contributed by atoms with E-state index < -0.39 is 0 Å². The van der Waals surface area contributed by atoms with E-state index >= 15 is 0 Å². The van der Waals surface area contributed by atoms with Gasteiger partial charge in [0.15, 0.2) is 0 Å². The van der Waals surface area contributed by atoms with Gasteiger partial charge in [0, 0.05) is 17.6 Å². The Balaban J connectivity index is 1.79. The van der Waals surface area contributed by atoms with Crippen LogP contribution in [0.2, 0.25) is 0 Å². The van der Waals surface area contributed by atoms with E-state index in [-0.39, 0.29) is 0 Å². The standard InChI is InChI=1S/C17H18N2/c1-2-6-12(7-3-1)16-14-10-11-18-17(14)13-8-4-5-9-15(13)19-16/h1-9,14,16-19H,10-11H2/t14-,16-,17-/m1/s1. The highest BCUT2D eigenvalue weighted by Crippen LogP contribution is 2.46. The van der Waals surface area contributed by atoms with Crippen LogP contribution in [0.15, 0.2) is 54.6 Å². The zero-order valence-electron chi connectivity index (χ0n) is 10.8. The SMILES string of the molecule is c1ccc([C@H]2Nc3ccccc3[C@H]3NCC[C@H]23)cc1. The van der Waals surface area contributed by atoms with Crippen LogP contribution in [-0.4, -0.2) is 6.54 Å². The first-order chi connectivity index (χ1) is 9.43. The van der Waals surface area contributed by atoms with Crippen LogP contribution in [-0.2, 0) is 0 Å². The number of anilines is 1. The fourth-order valence-electron chi connectivity index (χ4n) is 3.59. The van der Waals surface area contributed by atoms with E-state index in [0.29, 0.717) is 18.0 Å². The number of para-hydroxylation sites is 1. The average molecular weight is 250 g/mol. The van der Waals surface area contributed by atoms with Crippen molar-refractivity contribution in [2.45, 2.75) is 18.5 Å². The minimum atomic E-state index is 0.427. The summed E-state index contributed by atoms with van der Waals surface area (Å²) in [6.07, 6.45) is 1.24. The van der Waals surface area contributed by atoms with Crippen molar-refractivity contribution in [3.63, 3.8) is 0 Å². The molecule has 1 saturated heterocycles. The fourth-order valence-corrected chi connectivity index (χ4v) is 3.59. The minimum Gasteiger partial charge on any atom is -0.378 e. The molecule has 0 aliphatic carbocycles. The van der Waals surface area contributed by atoms with E-state index in [0.717, 1.165) is 6.54 Å². The molecule has 0 bridgehead atoms. The molecule has 0 unspecified atom stereocenters. The lowest BCUT2D eigenvalue weighted by Gasteiger charge is -2.37. The Kier molecular flexibility index (Phi) is 2.56. The molecule has 2 heteroatoms. The van der Waals surface area contributed by atoms with E-state index in [4.69, 9.17) is 0 Å². The van der Waals surface area contributed by atoms with Crippen molar-refractivity contribution in [1.29, 1.82) is 0 Å². The van der Waals surface area contributed by atoms with Crippen LogP contribution < -0.4 is 10.6 Å². The highest BCUT2D eigenvalue weighted by atomic mass is 15.0. The molecule has 2 aliphatic rings. The van der Waals surface area contributed by atoms with Crippen molar-refractivity contribution in [2.24, 2.45) is 5.92 Å². The van der Waals surface area contributed by atoms with Gasteiger partial charge in [0.2, 0.25) is 0 Å². The van der Waals surface area contributed by atoms with Gasteiger partial charge >= 0.3 is 0 Å². The monoisotopic (exact) mass is 250 g/mol. The lowest BCUT2D eigenvalue weighted by molar-refractivity contribution is 0.391. The fraction of sp³-hybridized carbons (Fsp3) is 0.294. The van der Waals surface area contributed by atoms with Gasteiger partial charge in [-0.25, -0.2) is 0 Å². The summed E-state index contributed by atoms with van der Waals surface area (Å²) >= 11 is 0.